The van der Waals surface area contributed by atoms with Crippen molar-refractivity contribution < 1.29 is 39.4 Å². The van der Waals surface area contributed by atoms with Gasteiger partial charge >= 0.3 is 13.1 Å². The van der Waals surface area contributed by atoms with Gasteiger partial charge in [-0.25, -0.2) is 4.79 Å². The minimum Gasteiger partial charge on any atom is -0.507 e. The first-order chi connectivity index (χ1) is 15.4. The van der Waals surface area contributed by atoms with Gasteiger partial charge in [0.15, 0.2) is 0 Å². The Morgan fingerprint density at radius 1 is 1.30 bits per heavy atom. The fourth-order valence-corrected chi connectivity index (χ4v) is 3.99. The van der Waals surface area contributed by atoms with Gasteiger partial charge in [-0.1, -0.05) is 6.07 Å². The Kier molecular flexibility index (Phi) is 7.17. The van der Waals surface area contributed by atoms with Gasteiger partial charge in [0.2, 0.25) is 11.8 Å². The van der Waals surface area contributed by atoms with Gasteiger partial charge in [-0.15, -0.1) is 0 Å². The van der Waals surface area contributed by atoms with E-state index in [0.29, 0.717) is 25.1 Å². The second kappa shape index (κ2) is 9.55. The van der Waals surface area contributed by atoms with Crippen molar-refractivity contribution in [2.75, 3.05) is 33.2 Å². The van der Waals surface area contributed by atoms with E-state index in [9.17, 15) is 34.6 Å². The monoisotopic (exact) mass is 464 g/mol. The van der Waals surface area contributed by atoms with Crippen LogP contribution >= 0.6 is 0 Å². The molecule has 1 aromatic carbocycles. The maximum atomic E-state index is 12.2. The van der Waals surface area contributed by atoms with Crippen LogP contribution in [0.5, 0.6) is 11.5 Å². The van der Waals surface area contributed by atoms with Crippen molar-refractivity contribution in [1.29, 1.82) is 0 Å². The average molecular weight is 464 g/mol. The predicted octanol–water partition coefficient (Wildman–Crippen LogP) is -1.94. The third-order valence-corrected chi connectivity index (χ3v) is 5.98. The van der Waals surface area contributed by atoms with Gasteiger partial charge < -0.3 is 41.4 Å². The van der Waals surface area contributed by atoms with Crippen LogP contribution < -0.4 is 21.1 Å². The van der Waals surface area contributed by atoms with E-state index in [1.807, 2.05) is 4.90 Å². The SMILES string of the molecule is CNC(=O)CNC(=O)C(C)(N)CN1CC(Oc2ccc([C@@H]3C[C@@H]3B(O)O)c(O)c2C(=O)O)C1. The molecule has 1 saturated heterocycles. The molecular formula is C20H29BN4O8. The van der Waals surface area contributed by atoms with Crippen molar-refractivity contribution in [3.05, 3.63) is 23.3 Å². The number of hydrogen-bond donors (Lipinski definition) is 7. The Labute approximate surface area is 190 Å². The van der Waals surface area contributed by atoms with Crippen molar-refractivity contribution in [2.45, 2.75) is 36.7 Å². The number of hydrogen-bond acceptors (Lipinski definition) is 9. The van der Waals surface area contributed by atoms with Crippen molar-refractivity contribution in [3.8, 4) is 11.5 Å². The number of carboxylic acid groups (broad SMARTS) is 1. The lowest BCUT2D eigenvalue weighted by molar-refractivity contribution is -0.130. The van der Waals surface area contributed by atoms with Crippen LogP contribution in [0, 0.1) is 0 Å². The van der Waals surface area contributed by atoms with E-state index in [0.717, 1.165) is 0 Å². The molecule has 8 N–H and O–H groups in total. The van der Waals surface area contributed by atoms with E-state index in [-0.39, 0.29) is 42.3 Å². The lowest BCUT2D eigenvalue weighted by atomic mass is 9.81. The molecule has 0 aromatic heterocycles. The van der Waals surface area contributed by atoms with Crippen LogP contribution in [0.2, 0.25) is 5.82 Å². The number of carbonyl (C=O) groups is 3. The molecule has 13 heteroatoms. The van der Waals surface area contributed by atoms with Gasteiger partial charge in [0.25, 0.3) is 0 Å². The molecule has 2 amide bonds. The topological polar surface area (TPSA) is 195 Å². The number of phenols is 1. The number of likely N-dealkylation sites (N-methyl/N-ethyl adjacent to an activating group) is 1. The highest BCUT2D eigenvalue weighted by molar-refractivity contribution is 6.44. The molecule has 2 fully saturated rings. The van der Waals surface area contributed by atoms with Gasteiger partial charge in [0.05, 0.1) is 6.54 Å². The zero-order valence-electron chi connectivity index (χ0n) is 18.4. The molecule has 1 aliphatic heterocycles. The maximum Gasteiger partial charge on any atom is 0.455 e. The zero-order valence-corrected chi connectivity index (χ0v) is 18.4. The number of aromatic carboxylic acids is 1. The second-order valence-corrected chi connectivity index (χ2v) is 8.81. The number of likely N-dealkylation sites (tertiary alicyclic amines) is 1. The molecule has 12 nitrogen and oxygen atoms in total. The van der Waals surface area contributed by atoms with E-state index in [1.54, 1.807) is 6.92 Å². The third kappa shape index (κ3) is 5.56. The van der Waals surface area contributed by atoms with Crippen LogP contribution in [-0.2, 0) is 9.59 Å². The Balaban J connectivity index is 1.58. The number of carboxylic acids is 1. The minimum absolute atomic E-state index is 0.00831. The molecule has 1 heterocycles. The number of amides is 2. The van der Waals surface area contributed by atoms with Crippen LogP contribution in [0.15, 0.2) is 12.1 Å². The summed E-state index contributed by atoms with van der Waals surface area (Å²) in [6.07, 6.45) is 0.0717. The Hall–Kier alpha value is -2.87. The molecule has 0 radical (unpaired) electrons. The van der Waals surface area contributed by atoms with Crippen LogP contribution in [0.4, 0.5) is 0 Å². The molecular weight excluding hydrogens is 435 g/mol. The summed E-state index contributed by atoms with van der Waals surface area (Å²) >= 11 is 0. The van der Waals surface area contributed by atoms with E-state index < -0.39 is 36.1 Å². The summed E-state index contributed by atoms with van der Waals surface area (Å²) in [5, 5.41) is 43.5. The third-order valence-electron chi connectivity index (χ3n) is 5.98. The molecule has 180 valence electrons. The molecule has 0 bridgehead atoms. The molecule has 3 atom stereocenters. The van der Waals surface area contributed by atoms with Crippen molar-refractivity contribution >= 4 is 24.9 Å². The number of ether oxygens (including phenoxy) is 1. The van der Waals surface area contributed by atoms with Gasteiger partial charge in [-0.2, -0.15) is 0 Å². The first-order valence-electron chi connectivity index (χ1n) is 10.6. The maximum absolute atomic E-state index is 12.2. The Morgan fingerprint density at radius 2 is 1.97 bits per heavy atom. The lowest BCUT2D eigenvalue weighted by Crippen LogP contribution is -2.64. The standard InChI is InChI=1S/C20H29BN4O8/c1-20(22,19(30)24-6-15(26)23-2)9-25-7-10(8-25)33-14-4-3-11(12-5-13(12)21(31)32)17(27)16(14)18(28)29/h3-4,10,12-13,27,31-32H,5-9,22H2,1-2H3,(H,23,26)(H,24,30)(H,28,29)/t12-,13-,20?/m0/s1. The van der Waals surface area contributed by atoms with Crippen LogP contribution in [0.3, 0.4) is 0 Å². The highest BCUT2D eigenvalue weighted by Gasteiger charge is 2.48. The largest absolute Gasteiger partial charge is 0.507 e. The molecule has 1 aliphatic carbocycles. The molecule has 3 rings (SSSR count). The van der Waals surface area contributed by atoms with Gasteiger partial charge in [-0.3, -0.25) is 14.5 Å². The fourth-order valence-electron chi connectivity index (χ4n) is 3.99. The number of nitrogens with zero attached hydrogens (tertiary/aromatic N) is 1. The molecule has 1 unspecified atom stereocenters. The quantitative estimate of drug-likeness (QED) is 0.192. The van der Waals surface area contributed by atoms with Gasteiger partial charge in [-0.05, 0) is 30.9 Å². The van der Waals surface area contributed by atoms with Crippen molar-refractivity contribution in [3.63, 3.8) is 0 Å². The first kappa shape index (κ1) is 24.8. The normalized spacial score (nSPS) is 22.0. The summed E-state index contributed by atoms with van der Waals surface area (Å²) in [4.78, 5) is 37.1. The molecule has 1 aromatic rings. The molecule has 33 heavy (non-hydrogen) atoms. The number of nitrogens with two attached hydrogens (primary N) is 1. The van der Waals surface area contributed by atoms with Gasteiger partial charge in [0, 0.05) is 32.5 Å². The number of nitrogens with one attached hydrogen (secondary N) is 2. The Bertz CT molecular complexity index is 935. The smallest absolute Gasteiger partial charge is 0.455 e. The fraction of sp³-hybridized carbons (Fsp3) is 0.550. The molecule has 0 spiro atoms. The summed E-state index contributed by atoms with van der Waals surface area (Å²) in [6, 6.07) is 2.99. The predicted molar refractivity (Wildman–Crippen MR) is 117 cm³/mol. The minimum atomic E-state index is -1.53. The van der Waals surface area contributed by atoms with E-state index in [1.165, 1.54) is 19.2 Å². The van der Waals surface area contributed by atoms with Crippen LogP contribution in [-0.4, -0.2) is 94.9 Å². The summed E-state index contributed by atoms with van der Waals surface area (Å²) < 4.78 is 5.78. The van der Waals surface area contributed by atoms with E-state index >= 15 is 0 Å². The van der Waals surface area contributed by atoms with Crippen molar-refractivity contribution in [1.82, 2.24) is 15.5 Å². The summed E-state index contributed by atoms with van der Waals surface area (Å²) in [7, 11) is -0.0691. The van der Waals surface area contributed by atoms with Crippen molar-refractivity contribution in [2.24, 2.45) is 5.73 Å². The summed E-state index contributed by atoms with van der Waals surface area (Å²) in [6.45, 7) is 2.35. The number of aromatic hydroxyl groups is 1. The van der Waals surface area contributed by atoms with Crippen LogP contribution in [0.25, 0.3) is 0 Å². The zero-order chi connectivity index (χ0) is 24.5. The van der Waals surface area contributed by atoms with E-state index in [4.69, 9.17) is 10.5 Å². The highest BCUT2D eigenvalue weighted by Crippen LogP contribution is 2.56. The first-order valence-corrected chi connectivity index (χ1v) is 10.6. The molecule has 2 aliphatic rings. The highest BCUT2D eigenvalue weighted by atomic mass is 16.5. The second-order valence-electron chi connectivity index (χ2n) is 8.81. The summed E-state index contributed by atoms with van der Waals surface area (Å²) in [5.74, 6) is -3.37. The van der Waals surface area contributed by atoms with E-state index in [2.05, 4.69) is 10.6 Å². The average Bonchev–Trinajstić information content (AvgIpc) is 3.50. The lowest BCUT2D eigenvalue weighted by Gasteiger charge is -2.42. The Morgan fingerprint density at radius 3 is 2.52 bits per heavy atom. The summed E-state index contributed by atoms with van der Waals surface area (Å²) in [5.41, 5.74) is 4.81. The number of carbonyl (C=O) groups excluding carboxylic acids is 2. The number of rotatable bonds is 10. The number of benzene rings is 1. The van der Waals surface area contributed by atoms with Crippen LogP contribution in [0.1, 0.15) is 35.2 Å². The molecule has 1 saturated carbocycles. The van der Waals surface area contributed by atoms with Gasteiger partial charge in [0.1, 0.15) is 28.7 Å².